The summed E-state index contributed by atoms with van der Waals surface area (Å²) in [6.45, 7) is 10.8. The quantitative estimate of drug-likeness (QED) is 0.129. The minimum atomic E-state index is 0.530. The first-order valence-electron chi connectivity index (χ1n) is 16.6. The maximum Gasteiger partial charge on any atom is 0.145 e. The highest BCUT2D eigenvalue weighted by Gasteiger charge is 2.27. The number of benzene rings is 4. The summed E-state index contributed by atoms with van der Waals surface area (Å²) in [5, 5.41) is 4.94. The fourth-order valence-electron chi connectivity index (χ4n) is 6.95. The van der Waals surface area contributed by atoms with Crippen molar-refractivity contribution in [3.05, 3.63) is 74.7 Å². The highest BCUT2D eigenvalue weighted by molar-refractivity contribution is 9.11. The largest absolute Gasteiger partial charge is 0.493 e. The first-order chi connectivity index (χ1) is 21.5. The van der Waals surface area contributed by atoms with Crippen LogP contribution < -0.4 is 4.74 Å². The van der Waals surface area contributed by atoms with E-state index >= 15 is 0 Å². The Kier molecular flexibility index (Phi) is 9.83. The van der Waals surface area contributed by atoms with E-state index < -0.39 is 0 Å². The molecule has 1 heterocycles. The van der Waals surface area contributed by atoms with E-state index in [1.54, 1.807) is 0 Å². The molecule has 5 heteroatoms. The number of aromatic nitrogens is 2. The van der Waals surface area contributed by atoms with Gasteiger partial charge in [0.25, 0.3) is 0 Å². The molecule has 0 aliphatic heterocycles. The van der Waals surface area contributed by atoms with Crippen LogP contribution in [0.4, 0.5) is 0 Å². The van der Waals surface area contributed by atoms with Crippen LogP contribution in [0.2, 0.25) is 0 Å². The van der Waals surface area contributed by atoms with E-state index in [2.05, 4.69) is 125 Å². The first kappa shape index (κ1) is 31.4. The molecule has 1 unspecified atom stereocenters. The van der Waals surface area contributed by atoms with Gasteiger partial charge in [0.15, 0.2) is 0 Å². The van der Waals surface area contributed by atoms with Crippen LogP contribution in [0.3, 0.4) is 0 Å². The van der Waals surface area contributed by atoms with Crippen molar-refractivity contribution < 1.29 is 4.74 Å². The van der Waals surface area contributed by atoms with Gasteiger partial charge < -0.3 is 9.30 Å². The van der Waals surface area contributed by atoms with E-state index in [9.17, 15) is 0 Å². The Balaban J connectivity index is 1.70. The lowest BCUT2D eigenvalue weighted by Gasteiger charge is -2.23. The Morgan fingerprint density at radius 1 is 0.864 bits per heavy atom. The van der Waals surface area contributed by atoms with Gasteiger partial charge in [0.1, 0.15) is 11.6 Å². The molecule has 0 bridgehead atoms. The highest BCUT2D eigenvalue weighted by atomic mass is 79.9. The molecular weight excluding hydrogens is 672 g/mol. The number of aryl methyl sites for hydroxylation is 1. The molecule has 1 aliphatic rings. The van der Waals surface area contributed by atoms with Crippen molar-refractivity contribution in [1.29, 1.82) is 0 Å². The molecule has 5 aromatic rings. The number of hydrogen-bond donors (Lipinski definition) is 0. The Hall–Kier alpha value is -2.63. The second kappa shape index (κ2) is 13.8. The summed E-state index contributed by atoms with van der Waals surface area (Å²) >= 11 is 7.68. The lowest BCUT2D eigenvalue weighted by Crippen LogP contribution is -2.14. The van der Waals surface area contributed by atoms with Gasteiger partial charge in [-0.3, -0.25) is 0 Å². The smallest absolute Gasteiger partial charge is 0.145 e. The lowest BCUT2D eigenvalue weighted by atomic mass is 9.90. The van der Waals surface area contributed by atoms with E-state index in [1.807, 2.05) is 0 Å². The van der Waals surface area contributed by atoms with Gasteiger partial charge in [0.2, 0.25) is 0 Å². The van der Waals surface area contributed by atoms with Crippen LogP contribution in [-0.2, 0) is 13.0 Å². The molecule has 0 fully saturated rings. The zero-order valence-electron chi connectivity index (χ0n) is 26.6. The third kappa shape index (κ3) is 5.99. The second-order valence-corrected chi connectivity index (χ2v) is 14.4. The molecule has 1 aromatic heterocycles. The predicted octanol–water partition coefficient (Wildman–Crippen LogP) is 12.5. The molecule has 0 N–H and O–H groups in total. The molecule has 6 rings (SSSR count). The van der Waals surface area contributed by atoms with Crippen molar-refractivity contribution >= 4 is 70.5 Å². The SMILES string of the molecule is CCCCC(CC)Cn1c(-c2c(OCC(CC)CC)ccc3ccccc23)nc2c3cc(Br)ccc3c3c(c21)C=C(Br)CC3. The summed E-state index contributed by atoms with van der Waals surface area (Å²) in [6.07, 6.45) is 11.5. The van der Waals surface area contributed by atoms with Gasteiger partial charge in [-0.2, -0.15) is 0 Å². The lowest BCUT2D eigenvalue weighted by molar-refractivity contribution is 0.241. The maximum atomic E-state index is 6.75. The predicted molar refractivity (Wildman–Crippen MR) is 196 cm³/mol. The third-order valence-corrected chi connectivity index (χ3v) is 10.9. The number of rotatable bonds is 12. The summed E-state index contributed by atoms with van der Waals surface area (Å²) in [6, 6.07) is 19.8. The van der Waals surface area contributed by atoms with Crippen molar-refractivity contribution in [3.63, 3.8) is 0 Å². The van der Waals surface area contributed by atoms with Gasteiger partial charge >= 0.3 is 0 Å². The van der Waals surface area contributed by atoms with Gasteiger partial charge in [-0.05, 0) is 81.6 Å². The molecule has 4 aromatic carbocycles. The summed E-state index contributed by atoms with van der Waals surface area (Å²) < 4.78 is 11.7. The fourth-order valence-corrected chi connectivity index (χ4v) is 7.74. The van der Waals surface area contributed by atoms with Gasteiger partial charge in [0, 0.05) is 22.0 Å². The normalized spacial score (nSPS) is 14.0. The van der Waals surface area contributed by atoms with Gasteiger partial charge in [-0.1, -0.05) is 128 Å². The number of nitrogens with zero attached hydrogens (tertiary/aromatic N) is 2. The summed E-state index contributed by atoms with van der Waals surface area (Å²) in [5.41, 5.74) is 6.20. The highest BCUT2D eigenvalue weighted by Crippen LogP contribution is 2.45. The minimum Gasteiger partial charge on any atom is -0.493 e. The number of fused-ring (bicyclic) bond motifs is 7. The molecular formula is C39H44Br2N2O. The molecule has 0 spiro atoms. The zero-order chi connectivity index (χ0) is 30.8. The molecule has 1 atom stereocenters. The molecule has 44 heavy (non-hydrogen) atoms. The van der Waals surface area contributed by atoms with Gasteiger partial charge in [0.05, 0.1) is 23.2 Å². The van der Waals surface area contributed by atoms with E-state index in [0.717, 1.165) is 65.8 Å². The molecule has 1 aliphatic carbocycles. The molecule has 0 radical (unpaired) electrons. The Bertz CT molecular complexity index is 1830. The Morgan fingerprint density at radius 3 is 2.43 bits per heavy atom. The van der Waals surface area contributed by atoms with Crippen LogP contribution in [0, 0.1) is 11.8 Å². The summed E-state index contributed by atoms with van der Waals surface area (Å²) in [5.74, 6) is 3.06. The zero-order valence-corrected chi connectivity index (χ0v) is 29.7. The number of allylic oxidation sites excluding steroid dienone is 1. The minimum absolute atomic E-state index is 0.530. The van der Waals surface area contributed by atoms with Crippen LogP contribution in [0.25, 0.3) is 50.0 Å². The molecule has 3 nitrogen and oxygen atoms in total. The average molecular weight is 717 g/mol. The summed E-state index contributed by atoms with van der Waals surface area (Å²) in [4.78, 5) is 5.65. The van der Waals surface area contributed by atoms with Crippen molar-refractivity contribution in [3.8, 4) is 17.1 Å². The van der Waals surface area contributed by atoms with Crippen LogP contribution >= 0.6 is 31.9 Å². The number of imidazole rings is 1. The fraction of sp³-hybridized carbons (Fsp3) is 0.410. The molecule has 0 saturated carbocycles. The second-order valence-electron chi connectivity index (χ2n) is 12.5. The van der Waals surface area contributed by atoms with Crippen LogP contribution in [0.1, 0.15) is 83.8 Å². The first-order valence-corrected chi connectivity index (χ1v) is 18.2. The van der Waals surface area contributed by atoms with Crippen molar-refractivity contribution in [2.75, 3.05) is 6.61 Å². The van der Waals surface area contributed by atoms with Crippen LogP contribution in [-0.4, -0.2) is 16.2 Å². The number of hydrogen-bond acceptors (Lipinski definition) is 2. The Labute approximate surface area is 279 Å². The van der Waals surface area contributed by atoms with E-state index in [1.165, 1.54) is 61.9 Å². The van der Waals surface area contributed by atoms with Gasteiger partial charge in [-0.15, -0.1) is 0 Å². The number of halogens is 2. The van der Waals surface area contributed by atoms with E-state index in [0.29, 0.717) is 18.4 Å². The number of ether oxygens (including phenoxy) is 1. The maximum absolute atomic E-state index is 6.75. The van der Waals surface area contributed by atoms with E-state index in [4.69, 9.17) is 9.72 Å². The molecule has 0 amide bonds. The van der Waals surface area contributed by atoms with Crippen molar-refractivity contribution in [2.24, 2.45) is 11.8 Å². The topological polar surface area (TPSA) is 27.1 Å². The summed E-state index contributed by atoms with van der Waals surface area (Å²) in [7, 11) is 0. The molecule has 230 valence electrons. The van der Waals surface area contributed by atoms with Crippen LogP contribution in [0.15, 0.2) is 63.6 Å². The van der Waals surface area contributed by atoms with Gasteiger partial charge in [-0.25, -0.2) is 4.98 Å². The molecule has 0 saturated heterocycles. The standard InChI is InChI=1S/C39H44Br2N2O/c1-5-9-12-26(8-4)23-43-38-34-22-29(41)17-19-32(34)31-18-16-28(40)21-33(31)37(38)42-39(43)36-30-14-11-10-13-27(30)15-20-35(36)44-24-25(6-2)7-3/h10-11,13-16,18,20-22,25-26H,5-9,12,17,19,23-24H2,1-4H3. The van der Waals surface area contributed by atoms with Crippen molar-refractivity contribution in [1.82, 2.24) is 9.55 Å². The van der Waals surface area contributed by atoms with E-state index in [-0.39, 0.29) is 0 Å². The van der Waals surface area contributed by atoms with Crippen molar-refractivity contribution in [2.45, 2.75) is 85.6 Å². The number of unbranched alkanes of at least 4 members (excludes halogenated alkanes) is 1. The monoisotopic (exact) mass is 714 g/mol. The average Bonchev–Trinajstić information content (AvgIpc) is 3.42. The van der Waals surface area contributed by atoms with Crippen LogP contribution in [0.5, 0.6) is 5.75 Å². The Morgan fingerprint density at radius 2 is 1.66 bits per heavy atom. The third-order valence-electron chi connectivity index (χ3n) is 9.75.